The van der Waals surface area contributed by atoms with E-state index in [0.717, 1.165) is 37.8 Å². The Morgan fingerprint density at radius 2 is 1.43 bits per heavy atom. The molecule has 2 heterocycles. The van der Waals surface area contributed by atoms with Crippen LogP contribution in [0.25, 0.3) is 6.08 Å². The average molecular weight is 487 g/mol. The van der Waals surface area contributed by atoms with Crippen LogP contribution in [0.5, 0.6) is 17.2 Å². The smallest absolute Gasteiger partial charge is 0.246 e. The van der Waals surface area contributed by atoms with Gasteiger partial charge >= 0.3 is 0 Å². The third kappa shape index (κ3) is 6.08. The van der Waals surface area contributed by atoms with Gasteiger partial charge in [0.2, 0.25) is 11.8 Å². The minimum absolute atomic E-state index is 0.0556. The van der Waals surface area contributed by atoms with Crippen LogP contribution in [0.3, 0.4) is 0 Å². The number of piperazine rings is 2. The molecule has 2 aliphatic heterocycles. The number of amides is 2. The van der Waals surface area contributed by atoms with Crippen LogP contribution in [0.15, 0.2) is 18.2 Å². The maximum absolute atomic E-state index is 12.8. The van der Waals surface area contributed by atoms with Crippen LogP contribution in [0, 0.1) is 0 Å². The van der Waals surface area contributed by atoms with Gasteiger partial charge in [-0.2, -0.15) is 0 Å². The molecule has 0 unspecified atom stereocenters. The van der Waals surface area contributed by atoms with Crippen molar-refractivity contribution in [3.63, 3.8) is 0 Å². The zero-order valence-corrected chi connectivity index (χ0v) is 21.2. The van der Waals surface area contributed by atoms with E-state index in [2.05, 4.69) is 9.80 Å². The van der Waals surface area contributed by atoms with Crippen LogP contribution in [-0.2, 0) is 9.59 Å². The van der Waals surface area contributed by atoms with Crippen LogP contribution >= 0.6 is 0 Å². The Morgan fingerprint density at radius 1 is 0.829 bits per heavy atom. The largest absolute Gasteiger partial charge is 0.496 e. The van der Waals surface area contributed by atoms with Gasteiger partial charge in [-0.1, -0.05) is 6.42 Å². The first-order chi connectivity index (χ1) is 17.0. The van der Waals surface area contributed by atoms with Gasteiger partial charge in [0.05, 0.1) is 27.9 Å². The number of carbonyl (C=O) groups is 2. The fourth-order valence-electron chi connectivity index (χ4n) is 4.96. The monoisotopic (exact) mass is 486 g/mol. The van der Waals surface area contributed by atoms with E-state index in [1.165, 1.54) is 19.3 Å². The molecular formula is C26H38N4O5. The highest BCUT2D eigenvalue weighted by molar-refractivity contribution is 5.92. The summed E-state index contributed by atoms with van der Waals surface area (Å²) in [5.41, 5.74) is 0.736. The maximum Gasteiger partial charge on any atom is 0.246 e. The van der Waals surface area contributed by atoms with Gasteiger partial charge in [-0.15, -0.1) is 0 Å². The lowest BCUT2D eigenvalue weighted by Crippen LogP contribution is -2.56. The number of ether oxygens (including phenoxy) is 3. The fraction of sp³-hybridized carbons (Fsp3) is 0.615. The van der Waals surface area contributed by atoms with Gasteiger partial charge in [-0.05, 0) is 25.0 Å². The van der Waals surface area contributed by atoms with Gasteiger partial charge in [-0.25, -0.2) is 0 Å². The molecule has 0 aromatic heterocycles. The lowest BCUT2D eigenvalue weighted by molar-refractivity contribution is -0.135. The Hall–Kier alpha value is -2.78. The highest BCUT2D eigenvalue weighted by Gasteiger charge is 2.30. The number of benzene rings is 1. The van der Waals surface area contributed by atoms with Crippen molar-refractivity contribution in [2.75, 3.05) is 80.2 Å². The van der Waals surface area contributed by atoms with Gasteiger partial charge < -0.3 is 24.0 Å². The molecule has 0 atom stereocenters. The minimum atomic E-state index is -0.0556. The molecule has 0 spiro atoms. The van der Waals surface area contributed by atoms with Gasteiger partial charge in [0.15, 0.2) is 11.5 Å². The van der Waals surface area contributed by atoms with Gasteiger partial charge in [0.1, 0.15) is 5.75 Å². The molecule has 9 nitrogen and oxygen atoms in total. The summed E-state index contributed by atoms with van der Waals surface area (Å²) >= 11 is 0. The van der Waals surface area contributed by atoms with E-state index in [9.17, 15) is 9.59 Å². The molecule has 192 valence electrons. The van der Waals surface area contributed by atoms with Crippen LogP contribution in [0.1, 0.15) is 24.8 Å². The van der Waals surface area contributed by atoms with E-state index >= 15 is 0 Å². The normalized spacial score (nSPS) is 20.1. The molecule has 1 aromatic rings. The van der Waals surface area contributed by atoms with E-state index in [1.807, 2.05) is 9.80 Å². The van der Waals surface area contributed by atoms with Crippen molar-refractivity contribution >= 4 is 17.9 Å². The lowest BCUT2D eigenvalue weighted by Gasteiger charge is -2.43. The van der Waals surface area contributed by atoms with Gasteiger partial charge in [0.25, 0.3) is 0 Å². The molecule has 1 aromatic carbocycles. The molecule has 3 fully saturated rings. The Morgan fingerprint density at radius 3 is 2.00 bits per heavy atom. The summed E-state index contributed by atoms with van der Waals surface area (Å²) in [5.74, 6) is 1.89. The molecule has 1 saturated carbocycles. The maximum atomic E-state index is 12.8. The Kier molecular flexibility index (Phi) is 8.51. The molecule has 0 radical (unpaired) electrons. The summed E-state index contributed by atoms with van der Waals surface area (Å²) < 4.78 is 16.1. The quantitative estimate of drug-likeness (QED) is 0.517. The van der Waals surface area contributed by atoms with Crippen molar-refractivity contribution in [1.29, 1.82) is 0 Å². The van der Waals surface area contributed by atoms with Crippen LogP contribution in [0.2, 0.25) is 0 Å². The Labute approximate surface area is 208 Å². The number of rotatable bonds is 8. The second kappa shape index (κ2) is 11.8. The Balaban J connectivity index is 1.24. The van der Waals surface area contributed by atoms with Crippen molar-refractivity contribution in [3.8, 4) is 17.2 Å². The highest BCUT2D eigenvalue weighted by Crippen LogP contribution is 2.35. The average Bonchev–Trinajstić information content (AvgIpc) is 2.86. The summed E-state index contributed by atoms with van der Waals surface area (Å²) in [5, 5.41) is 0. The number of hydrogen-bond donors (Lipinski definition) is 0. The van der Waals surface area contributed by atoms with E-state index in [-0.39, 0.29) is 11.8 Å². The first-order valence-corrected chi connectivity index (χ1v) is 12.5. The summed E-state index contributed by atoms with van der Waals surface area (Å²) in [6, 6.07) is 4.28. The van der Waals surface area contributed by atoms with E-state index in [4.69, 9.17) is 14.2 Å². The zero-order chi connectivity index (χ0) is 24.8. The SMILES string of the molecule is COc1cc(OC)c(OC)cc1/C=C/C(=O)N1CCN(CC(=O)N2CCN(C3CCC3)CC2)CC1. The Bertz CT molecular complexity index is 917. The number of carbonyl (C=O) groups excluding carboxylic acids is 2. The molecule has 4 rings (SSSR count). The van der Waals surface area contributed by atoms with Crippen LogP contribution in [0.4, 0.5) is 0 Å². The molecule has 0 N–H and O–H groups in total. The highest BCUT2D eigenvalue weighted by atomic mass is 16.5. The minimum Gasteiger partial charge on any atom is -0.496 e. The van der Waals surface area contributed by atoms with Crippen molar-refractivity contribution in [2.24, 2.45) is 0 Å². The number of nitrogens with zero attached hydrogens (tertiary/aromatic N) is 4. The predicted octanol–water partition coefficient (Wildman–Crippen LogP) is 1.57. The molecule has 3 aliphatic rings. The molecule has 9 heteroatoms. The summed E-state index contributed by atoms with van der Waals surface area (Å²) in [7, 11) is 4.72. The third-order valence-corrected chi connectivity index (χ3v) is 7.44. The molecular weight excluding hydrogens is 448 g/mol. The first kappa shape index (κ1) is 25.3. The first-order valence-electron chi connectivity index (χ1n) is 12.5. The van der Waals surface area contributed by atoms with Crippen LogP contribution in [-0.4, -0.2) is 118 Å². The second-order valence-electron chi connectivity index (χ2n) is 9.39. The second-order valence-corrected chi connectivity index (χ2v) is 9.39. The summed E-state index contributed by atoms with van der Waals surface area (Å²) in [4.78, 5) is 34.1. The van der Waals surface area contributed by atoms with Crippen molar-refractivity contribution in [1.82, 2.24) is 19.6 Å². The van der Waals surface area contributed by atoms with E-state index < -0.39 is 0 Å². The molecule has 2 saturated heterocycles. The van der Waals surface area contributed by atoms with Crippen molar-refractivity contribution in [3.05, 3.63) is 23.8 Å². The predicted molar refractivity (Wildman–Crippen MR) is 134 cm³/mol. The van der Waals surface area contributed by atoms with Crippen molar-refractivity contribution in [2.45, 2.75) is 25.3 Å². The lowest BCUT2D eigenvalue weighted by atomic mass is 9.91. The standard InChI is InChI=1S/C26H38N4O5/c1-33-22-18-24(35-3)23(34-2)17-20(22)7-8-25(31)29-11-9-27(10-12-29)19-26(32)30-15-13-28(14-16-30)21-5-4-6-21/h7-8,17-18,21H,4-6,9-16,19H2,1-3H3/b8-7+. The summed E-state index contributed by atoms with van der Waals surface area (Å²) in [6.07, 6.45) is 7.27. The van der Waals surface area contributed by atoms with E-state index in [1.54, 1.807) is 45.6 Å². The van der Waals surface area contributed by atoms with Crippen LogP contribution < -0.4 is 14.2 Å². The summed E-state index contributed by atoms with van der Waals surface area (Å²) in [6.45, 7) is 6.70. The number of methoxy groups -OCH3 is 3. The molecule has 2 amide bonds. The van der Waals surface area contributed by atoms with E-state index in [0.29, 0.717) is 50.0 Å². The molecule has 35 heavy (non-hydrogen) atoms. The molecule has 0 bridgehead atoms. The zero-order valence-electron chi connectivity index (χ0n) is 21.2. The topological polar surface area (TPSA) is 74.8 Å². The van der Waals surface area contributed by atoms with Gasteiger partial charge in [-0.3, -0.25) is 19.4 Å². The number of hydrogen-bond acceptors (Lipinski definition) is 7. The fourth-order valence-corrected chi connectivity index (χ4v) is 4.96. The van der Waals surface area contributed by atoms with Gasteiger partial charge in [0, 0.05) is 76.1 Å². The third-order valence-electron chi connectivity index (χ3n) is 7.44. The van der Waals surface area contributed by atoms with Crippen molar-refractivity contribution < 1.29 is 23.8 Å². The molecule has 1 aliphatic carbocycles.